The Morgan fingerprint density at radius 3 is 2.38 bits per heavy atom. The molecule has 2 rings (SSSR count). The summed E-state index contributed by atoms with van der Waals surface area (Å²) in [5.41, 5.74) is 5.39. The number of rotatable bonds is 5. The number of sulfone groups is 1. The summed E-state index contributed by atoms with van der Waals surface area (Å²) in [6, 6.07) is 7.26. The number of hydrogen-bond donors (Lipinski definition) is 1. The second-order valence-electron chi connectivity index (χ2n) is 5.24. The molecule has 7 heteroatoms. The first-order chi connectivity index (χ1) is 9.79. The third-order valence-electron chi connectivity index (χ3n) is 3.94. The third-order valence-corrected chi connectivity index (χ3v) is 6.08. The van der Waals surface area contributed by atoms with E-state index in [1.54, 1.807) is 6.92 Å². The summed E-state index contributed by atoms with van der Waals surface area (Å²) in [5.74, 6) is -0.986. The number of carbonyl (C=O) groups is 1. The van der Waals surface area contributed by atoms with E-state index in [1.807, 2.05) is 24.3 Å². The molecule has 5 nitrogen and oxygen atoms in total. The predicted octanol–water partition coefficient (Wildman–Crippen LogP) is 1.47. The number of benzene rings is 1. The van der Waals surface area contributed by atoms with Gasteiger partial charge in [0, 0.05) is 23.2 Å². The van der Waals surface area contributed by atoms with Gasteiger partial charge in [-0.05, 0) is 24.6 Å². The molecule has 1 saturated carbocycles. The molecule has 0 saturated heterocycles. The van der Waals surface area contributed by atoms with Gasteiger partial charge in [-0.2, -0.15) is 0 Å². The quantitative estimate of drug-likeness (QED) is 0.787. The molecule has 0 heterocycles. The Hall–Kier alpha value is -0.920. The summed E-state index contributed by atoms with van der Waals surface area (Å²) in [6.07, 6.45) is 1.14. The normalized spacial score (nSPS) is 28.2. The van der Waals surface area contributed by atoms with E-state index >= 15 is 0 Å². The van der Waals surface area contributed by atoms with Crippen molar-refractivity contribution in [1.82, 2.24) is 0 Å². The summed E-state index contributed by atoms with van der Waals surface area (Å²) in [4.78, 5) is 12.3. The summed E-state index contributed by atoms with van der Waals surface area (Å²) < 4.78 is 30.1. The highest BCUT2D eigenvalue weighted by Gasteiger charge is 2.74. The van der Waals surface area contributed by atoms with E-state index in [9.17, 15) is 13.2 Å². The van der Waals surface area contributed by atoms with Gasteiger partial charge >= 0.3 is 5.97 Å². The van der Waals surface area contributed by atoms with Gasteiger partial charge < -0.3 is 10.5 Å². The number of ether oxygens (including phenoxy) is 1. The van der Waals surface area contributed by atoms with Gasteiger partial charge in [0.25, 0.3) is 0 Å². The fraction of sp³-hybridized carbons (Fsp3) is 0.500. The zero-order chi connectivity index (χ0) is 15.8. The molecule has 1 aromatic carbocycles. The van der Waals surface area contributed by atoms with Crippen LogP contribution in [-0.4, -0.2) is 39.0 Å². The highest BCUT2D eigenvalue weighted by Crippen LogP contribution is 2.62. The predicted molar refractivity (Wildman–Crippen MR) is 83.6 cm³/mol. The average molecular weight is 376 g/mol. The Balaban J connectivity index is 2.47. The fourth-order valence-electron chi connectivity index (χ4n) is 3.01. The lowest BCUT2D eigenvalue weighted by molar-refractivity contribution is -0.149. The molecule has 1 fully saturated rings. The van der Waals surface area contributed by atoms with Gasteiger partial charge in [0.05, 0.1) is 11.9 Å². The Bertz CT molecular complexity index is 643. The number of esters is 1. The van der Waals surface area contributed by atoms with Crippen molar-refractivity contribution < 1.29 is 17.9 Å². The molecule has 1 aliphatic rings. The standard InChI is InChI=1S/C14H18BrNO4S/c1-3-20-13(17)14(8-16)11(12(14)21(2,18)19)9-4-6-10(15)7-5-9/h4-7,11-12H,3,8,16H2,1-2H3/t11-,12-,14-/m0/s1. The van der Waals surface area contributed by atoms with E-state index in [-0.39, 0.29) is 13.2 Å². The molecule has 0 aliphatic heterocycles. The number of nitrogens with two attached hydrogens (primary N) is 1. The van der Waals surface area contributed by atoms with E-state index in [4.69, 9.17) is 10.5 Å². The van der Waals surface area contributed by atoms with Crippen LogP contribution in [0.2, 0.25) is 0 Å². The van der Waals surface area contributed by atoms with Crippen molar-refractivity contribution in [3.05, 3.63) is 34.3 Å². The van der Waals surface area contributed by atoms with Gasteiger partial charge in [0.15, 0.2) is 9.84 Å². The molecule has 1 aliphatic carbocycles. The molecule has 2 N–H and O–H groups in total. The maximum absolute atomic E-state index is 12.3. The molecular formula is C14H18BrNO4S. The Labute approximate surface area is 132 Å². The molecule has 0 bridgehead atoms. The average Bonchev–Trinajstić information content (AvgIpc) is 3.10. The molecule has 0 aromatic heterocycles. The van der Waals surface area contributed by atoms with Crippen molar-refractivity contribution >= 4 is 31.7 Å². The van der Waals surface area contributed by atoms with E-state index in [1.165, 1.54) is 0 Å². The van der Waals surface area contributed by atoms with Crippen LogP contribution >= 0.6 is 15.9 Å². The van der Waals surface area contributed by atoms with E-state index in [0.717, 1.165) is 16.3 Å². The zero-order valence-corrected chi connectivity index (χ0v) is 14.3. The first-order valence-corrected chi connectivity index (χ1v) is 9.35. The molecule has 1 aromatic rings. The van der Waals surface area contributed by atoms with Crippen molar-refractivity contribution in [2.45, 2.75) is 18.1 Å². The molecule has 0 unspecified atom stereocenters. The lowest BCUT2D eigenvalue weighted by atomic mass is 9.99. The van der Waals surface area contributed by atoms with Crippen LogP contribution < -0.4 is 5.73 Å². The zero-order valence-electron chi connectivity index (χ0n) is 11.9. The summed E-state index contributed by atoms with van der Waals surface area (Å²) in [6.45, 7) is 1.84. The monoisotopic (exact) mass is 375 g/mol. The van der Waals surface area contributed by atoms with E-state index in [0.29, 0.717) is 0 Å². The lowest BCUT2D eigenvalue weighted by Gasteiger charge is -2.14. The minimum atomic E-state index is -3.41. The number of halogens is 1. The van der Waals surface area contributed by atoms with Crippen LogP contribution in [0.15, 0.2) is 28.7 Å². The SMILES string of the molecule is CCOC(=O)[C@@]1(CN)[C@@H](c2ccc(Br)cc2)[C@@H]1S(C)(=O)=O. The molecule has 0 radical (unpaired) electrons. The molecule has 21 heavy (non-hydrogen) atoms. The van der Waals surface area contributed by atoms with Crippen LogP contribution in [0, 0.1) is 5.41 Å². The summed E-state index contributed by atoms with van der Waals surface area (Å²) in [7, 11) is -3.41. The van der Waals surface area contributed by atoms with Crippen LogP contribution in [0.4, 0.5) is 0 Å². The molecular weight excluding hydrogens is 358 g/mol. The second-order valence-corrected chi connectivity index (χ2v) is 8.33. The molecule has 0 amide bonds. The maximum Gasteiger partial charge on any atom is 0.315 e. The molecule has 116 valence electrons. The van der Waals surface area contributed by atoms with E-state index < -0.39 is 32.4 Å². The van der Waals surface area contributed by atoms with Crippen molar-refractivity contribution in [2.75, 3.05) is 19.4 Å². The van der Waals surface area contributed by atoms with Crippen LogP contribution in [0.1, 0.15) is 18.4 Å². The molecule has 0 spiro atoms. The largest absolute Gasteiger partial charge is 0.465 e. The number of hydrogen-bond acceptors (Lipinski definition) is 5. The van der Waals surface area contributed by atoms with Crippen molar-refractivity contribution in [1.29, 1.82) is 0 Å². The summed E-state index contributed by atoms with van der Waals surface area (Å²) >= 11 is 3.33. The minimum absolute atomic E-state index is 0.0513. The van der Waals surface area contributed by atoms with Crippen molar-refractivity contribution in [3.8, 4) is 0 Å². The highest BCUT2D eigenvalue weighted by atomic mass is 79.9. The van der Waals surface area contributed by atoms with Gasteiger partial charge in [-0.25, -0.2) is 8.42 Å². The van der Waals surface area contributed by atoms with Crippen LogP contribution in [-0.2, 0) is 19.4 Å². The van der Waals surface area contributed by atoms with Gasteiger partial charge in [-0.15, -0.1) is 0 Å². The highest BCUT2D eigenvalue weighted by molar-refractivity contribution is 9.10. The van der Waals surface area contributed by atoms with E-state index in [2.05, 4.69) is 15.9 Å². The van der Waals surface area contributed by atoms with Crippen LogP contribution in [0.25, 0.3) is 0 Å². The van der Waals surface area contributed by atoms with Crippen LogP contribution in [0.5, 0.6) is 0 Å². The Morgan fingerprint density at radius 2 is 1.95 bits per heavy atom. The maximum atomic E-state index is 12.3. The lowest BCUT2D eigenvalue weighted by Crippen LogP contribution is -2.33. The summed E-state index contributed by atoms with van der Waals surface area (Å²) in [5, 5.41) is -0.824. The topological polar surface area (TPSA) is 86.5 Å². The molecule has 3 atom stereocenters. The minimum Gasteiger partial charge on any atom is -0.465 e. The fourth-order valence-corrected chi connectivity index (χ4v) is 5.19. The van der Waals surface area contributed by atoms with Crippen LogP contribution in [0.3, 0.4) is 0 Å². The second kappa shape index (κ2) is 5.70. The first kappa shape index (κ1) is 16.5. The first-order valence-electron chi connectivity index (χ1n) is 6.60. The number of carbonyl (C=O) groups excluding carboxylic acids is 1. The van der Waals surface area contributed by atoms with Gasteiger partial charge in [0.2, 0.25) is 0 Å². The van der Waals surface area contributed by atoms with Gasteiger partial charge in [-0.1, -0.05) is 28.1 Å². The van der Waals surface area contributed by atoms with Gasteiger partial charge in [0.1, 0.15) is 5.41 Å². The Morgan fingerprint density at radius 1 is 1.38 bits per heavy atom. The van der Waals surface area contributed by atoms with Crippen molar-refractivity contribution in [2.24, 2.45) is 11.1 Å². The third kappa shape index (κ3) is 2.74. The van der Waals surface area contributed by atoms with Crippen molar-refractivity contribution in [3.63, 3.8) is 0 Å². The Kier molecular flexibility index (Phi) is 4.46. The van der Waals surface area contributed by atoms with Gasteiger partial charge in [-0.3, -0.25) is 4.79 Å². The smallest absolute Gasteiger partial charge is 0.315 e.